The van der Waals surface area contributed by atoms with E-state index < -0.39 is 6.09 Å². The van der Waals surface area contributed by atoms with E-state index in [-0.39, 0.29) is 19.4 Å². The number of aliphatic hydroxyl groups is 1. The van der Waals surface area contributed by atoms with Gasteiger partial charge < -0.3 is 24.6 Å². The number of rotatable bonds is 10. The molecule has 9 heteroatoms. The fraction of sp³-hybridized carbons (Fsp3) is 0.345. The standard InChI is InChI=1S/C29H32N4O5/c34-19-22-12-14-30-25(17-22)28-24-18-23(10-11-26(24)33(32-28)27-9-4-5-15-37-27)36-16-6-13-31-29(35)38-20-21-7-2-1-3-8-21/h1-3,7-8,10-12,14,17-18,27,34H,4-6,9,13,15-16,19-20H2,(H,31,35). The van der Waals surface area contributed by atoms with Crippen LogP contribution in [-0.2, 0) is 22.7 Å². The summed E-state index contributed by atoms with van der Waals surface area (Å²) < 4.78 is 19.2. The highest BCUT2D eigenvalue weighted by atomic mass is 16.5. The van der Waals surface area contributed by atoms with Gasteiger partial charge in [-0.15, -0.1) is 0 Å². The Balaban J connectivity index is 1.23. The molecule has 4 aromatic rings. The smallest absolute Gasteiger partial charge is 0.407 e. The summed E-state index contributed by atoms with van der Waals surface area (Å²) in [5.41, 5.74) is 4.06. The molecule has 1 fully saturated rings. The molecule has 38 heavy (non-hydrogen) atoms. The summed E-state index contributed by atoms with van der Waals surface area (Å²) in [5, 5.41) is 18.2. The molecule has 1 saturated heterocycles. The molecule has 9 nitrogen and oxygen atoms in total. The number of carbonyl (C=O) groups is 1. The van der Waals surface area contributed by atoms with Crippen molar-refractivity contribution in [1.82, 2.24) is 20.1 Å². The number of nitrogens with one attached hydrogen (secondary N) is 1. The molecule has 1 aliphatic rings. The van der Waals surface area contributed by atoms with E-state index in [0.29, 0.717) is 37.6 Å². The Morgan fingerprint density at radius 2 is 2.00 bits per heavy atom. The molecule has 2 aromatic carbocycles. The van der Waals surface area contributed by atoms with Crippen molar-refractivity contribution in [1.29, 1.82) is 0 Å². The molecule has 1 amide bonds. The molecule has 3 heterocycles. The van der Waals surface area contributed by atoms with E-state index in [1.807, 2.05) is 59.3 Å². The lowest BCUT2D eigenvalue weighted by atomic mass is 10.1. The van der Waals surface area contributed by atoms with E-state index in [1.54, 1.807) is 12.3 Å². The molecule has 0 radical (unpaired) electrons. The van der Waals surface area contributed by atoms with Crippen molar-refractivity contribution in [3.8, 4) is 17.1 Å². The van der Waals surface area contributed by atoms with Crippen LogP contribution in [0.3, 0.4) is 0 Å². The quantitative estimate of drug-likeness (QED) is 0.286. The molecule has 5 rings (SSSR count). The van der Waals surface area contributed by atoms with Crippen molar-refractivity contribution < 1.29 is 24.1 Å². The molecule has 0 spiro atoms. The molecule has 2 N–H and O–H groups in total. The topological polar surface area (TPSA) is 108 Å². The highest BCUT2D eigenvalue weighted by Gasteiger charge is 2.22. The van der Waals surface area contributed by atoms with Crippen LogP contribution in [0, 0.1) is 0 Å². The summed E-state index contributed by atoms with van der Waals surface area (Å²) >= 11 is 0. The molecule has 0 aliphatic carbocycles. The van der Waals surface area contributed by atoms with Gasteiger partial charge in [0.2, 0.25) is 0 Å². The van der Waals surface area contributed by atoms with Crippen molar-refractivity contribution in [2.45, 2.75) is 45.1 Å². The average molecular weight is 517 g/mol. The van der Waals surface area contributed by atoms with E-state index in [9.17, 15) is 9.90 Å². The molecule has 1 aliphatic heterocycles. The minimum atomic E-state index is -0.449. The van der Waals surface area contributed by atoms with E-state index in [0.717, 1.165) is 47.0 Å². The number of hydrogen-bond donors (Lipinski definition) is 2. The number of aromatic nitrogens is 3. The molecule has 1 atom stereocenters. The number of benzene rings is 2. The number of carbonyl (C=O) groups excluding carboxylic acids is 1. The minimum Gasteiger partial charge on any atom is -0.494 e. The second-order valence-electron chi connectivity index (χ2n) is 9.19. The van der Waals surface area contributed by atoms with Gasteiger partial charge in [0, 0.05) is 24.7 Å². The lowest BCUT2D eigenvalue weighted by Gasteiger charge is -2.23. The average Bonchev–Trinajstić information content (AvgIpc) is 3.36. The number of ether oxygens (including phenoxy) is 3. The van der Waals surface area contributed by atoms with Gasteiger partial charge in [0.05, 0.1) is 24.4 Å². The van der Waals surface area contributed by atoms with Crippen LogP contribution in [-0.4, -0.2) is 45.7 Å². The van der Waals surface area contributed by atoms with E-state index in [1.165, 1.54) is 0 Å². The number of nitrogens with zero attached hydrogens (tertiary/aromatic N) is 3. The van der Waals surface area contributed by atoms with Gasteiger partial charge in [-0.05, 0) is 67.1 Å². The first-order valence-corrected chi connectivity index (χ1v) is 13.0. The van der Waals surface area contributed by atoms with Crippen molar-refractivity contribution in [3.63, 3.8) is 0 Å². The Hall–Kier alpha value is -3.95. The van der Waals surface area contributed by atoms with Gasteiger partial charge in [0.1, 0.15) is 18.1 Å². The molecular weight excluding hydrogens is 484 g/mol. The largest absolute Gasteiger partial charge is 0.494 e. The van der Waals surface area contributed by atoms with Crippen molar-refractivity contribution >= 4 is 17.0 Å². The van der Waals surface area contributed by atoms with Crippen LogP contribution in [0.2, 0.25) is 0 Å². The Labute approximate surface area is 221 Å². The lowest BCUT2D eigenvalue weighted by molar-refractivity contribution is -0.0365. The van der Waals surface area contributed by atoms with Crippen LogP contribution in [0.25, 0.3) is 22.3 Å². The fourth-order valence-electron chi connectivity index (χ4n) is 4.46. The predicted molar refractivity (Wildman–Crippen MR) is 142 cm³/mol. The van der Waals surface area contributed by atoms with Crippen LogP contribution < -0.4 is 10.1 Å². The molecule has 198 valence electrons. The highest BCUT2D eigenvalue weighted by Crippen LogP contribution is 2.34. The van der Waals surface area contributed by atoms with Crippen molar-refractivity contribution in [2.75, 3.05) is 19.8 Å². The van der Waals surface area contributed by atoms with Gasteiger partial charge in [0.25, 0.3) is 0 Å². The molecule has 0 bridgehead atoms. The Morgan fingerprint density at radius 3 is 2.82 bits per heavy atom. The van der Waals surface area contributed by atoms with Gasteiger partial charge in [-0.1, -0.05) is 30.3 Å². The second kappa shape index (κ2) is 12.5. The zero-order valence-corrected chi connectivity index (χ0v) is 21.2. The van der Waals surface area contributed by atoms with Gasteiger partial charge in [-0.3, -0.25) is 4.98 Å². The first-order valence-electron chi connectivity index (χ1n) is 13.0. The van der Waals surface area contributed by atoms with Crippen LogP contribution in [0.5, 0.6) is 5.75 Å². The molecule has 0 saturated carbocycles. The number of alkyl carbamates (subject to hydrolysis) is 1. The normalized spacial score (nSPS) is 15.3. The fourth-order valence-corrected chi connectivity index (χ4v) is 4.46. The lowest BCUT2D eigenvalue weighted by Crippen LogP contribution is -2.26. The summed E-state index contributed by atoms with van der Waals surface area (Å²) in [6.45, 7) is 1.76. The summed E-state index contributed by atoms with van der Waals surface area (Å²) in [6, 6.07) is 19.1. The SMILES string of the molecule is O=C(NCCCOc1ccc2c(c1)c(-c1cc(CO)ccn1)nn2C1CCCCO1)OCc1ccccc1. The third-order valence-corrected chi connectivity index (χ3v) is 6.43. The molecule has 1 unspecified atom stereocenters. The maximum absolute atomic E-state index is 11.9. The van der Waals surface area contributed by atoms with Crippen LogP contribution in [0.15, 0.2) is 66.9 Å². The van der Waals surface area contributed by atoms with Gasteiger partial charge in [-0.25, -0.2) is 9.48 Å². The highest BCUT2D eigenvalue weighted by molar-refractivity contribution is 5.93. The third-order valence-electron chi connectivity index (χ3n) is 6.43. The number of aliphatic hydroxyl groups excluding tert-OH is 1. The summed E-state index contributed by atoms with van der Waals surface area (Å²) in [5.74, 6) is 0.702. The van der Waals surface area contributed by atoms with Crippen molar-refractivity contribution in [2.24, 2.45) is 0 Å². The predicted octanol–water partition coefficient (Wildman–Crippen LogP) is 4.99. The second-order valence-corrected chi connectivity index (χ2v) is 9.19. The number of hydrogen-bond acceptors (Lipinski definition) is 7. The Bertz CT molecular complexity index is 1350. The zero-order chi connectivity index (χ0) is 26.2. The number of amides is 1. The zero-order valence-electron chi connectivity index (χ0n) is 21.2. The molecule has 2 aromatic heterocycles. The van der Waals surface area contributed by atoms with E-state index >= 15 is 0 Å². The number of pyridine rings is 1. The maximum atomic E-state index is 11.9. The van der Waals surface area contributed by atoms with Crippen LogP contribution >= 0.6 is 0 Å². The minimum absolute atomic E-state index is 0.0674. The van der Waals surface area contributed by atoms with Crippen LogP contribution in [0.1, 0.15) is 43.0 Å². The maximum Gasteiger partial charge on any atom is 0.407 e. The first-order chi connectivity index (χ1) is 18.7. The summed E-state index contributed by atoms with van der Waals surface area (Å²) in [4.78, 5) is 16.4. The van der Waals surface area contributed by atoms with Crippen LogP contribution in [0.4, 0.5) is 4.79 Å². The Morgan fingerprint density at radius 1 is 1.11 bits per heavy atom. The van der Waals surface area contributed by atoms with E-state index in [4.69, 9.17) is 19.3 Å². The van der Waals surface area contributed by atoms with Gasteiger partial charge in [-0.2, -0.15) is 5.10 Å². The third kappa shape index (κ3) is 6.30. The first kappa shape index (κ1) is 25.7. The summed E-state index contributed by atoms with van der Waals surface area (Å²) in [7, 11) is 0. The van der Waals surface area contributed by atoms with E-state index in [2.05, 4.69) is 10.3 Å². The molecular formula is C29H32N4O5. The van der Waals surface area contributed by atoms with Gasteiger partial charge in [0.15, 0.2) is 6.23 Å². The van der Waals surface area contributed by atoms with Crippen molar-refractivity contribution in [3.05, 3.63) is 78.0 Å². The summed E-state index contributed by atoms with van der Waals surface area (Å²) in [6.07, 6.45) is 4.78. The number of fused-ring (bicyclic) bond motifs is 1. The monoisotopic (exact) mass is 516 g/mol. The Kier molecular flexibility index (Phi) is 8.47. The van der Waals surface area contributed by atoms with Gasteiger partial charge >= 0.3 is 6.09 Å².